The molecule has 3 aromatic carbocycles. The minimum absolute atomic E-state index is 0.282. The second kappa shape index (κ2) is 9.83. The number of methoxy groups -OCH3 is 2. The second-order valence-corrected chi connectivity index (χ2v) is 6.64. The number of benzene rings is 3. The fraction of sp³-hybridized carbons (Fsp3) is 0.240. The van der Waals surface area contributed by atoms with Crippen LogP contribution in [0.15, 0.2) is 61.2 Å². The fourth-order valence-electron chi connectivity index (χ4n) is 3.37. The van der Waals surface area contributed by atoms with E-state index in [9.17, 15) is 4.79 Å². The molecule has 0 saturated carbocycles. The van der Waals surface area contributed by atoms with Crippen LogP contribution < -0.4 is 14.2 Å². The van der Waals surface area contributed by atoms with Crippen molar-refractivity contribution in [3.05, 3.63) is 77.9 Å². The lowest BCUT2D eigenvalue weighted by molar-refractivity contribution is 0.0525. The first-order valence-electron chi connectivity index (χ1n) is 9.79. The molecule has 0 unspecified atom stereocenters. The molecule has 0 radical (unpaired) electrons. The maximum absolute atomic E-state index is 12.8. The summed E-state index contributed by atoms with van der Waals surface area (Å²) in [5.41, 5.74) is 2.18. The minimum Gasteiger partial charge on any atom is -0.497 e. The van der Waals surface area contributed by atoms with Crippen LogP contribution in [-0.2, 0) is 17.8 Å². The van der Waals surface area contributed by atoms with E-state index < -0.39 is 5.97 Å². The molecule has 0 aliphatic carbocycles. The van der Waals surface area contributed by atoms with E-state index in [2.05, 4.69) is 6.58 Å². The van der Waals surface area contributed by atoms with Crippen LogP contribution in [0.3, 0.4) is 0 Å². The van der Waals surface area contributed by atoms with Crippen LogP contribution in [0.5, 0.6) is 17.2 Å². The first kappa shape index (κ1) is 21.2. The second-order valence-electron chi connectivity index (χ2n) is 6.64. The zero-order chi connectivity index (χ0) is 21.5. The number of carbonyl (C=O) groups is 1. The summed E-state index contributed by atoms with van der Waals surface area (Å²) >= 11 is 0. The Bertz CT molecular complexity index is 1040. The van der Waals surface area contributed by atoms with Crippen molar-refractivity contribution in [1.29, 1.82) is 0 Å². The van der Waals surface area contributed by atoms with Crippen molar-refractivity contribution in [2.24, 2.45) is 0 Å². The lowest BCUT2D eigenvalue weighted by Crippen LogP contribution is -2.11. The van der Waals surface area contributed by atoms with Crippen molar-refractivity contribution in [3.8, 4) is 17.2 Å². The third kappa shape index (κ3) is 4.40. The SMILES string of the molecule is C=CCc1c(C(=O)OCC)cc2c(OC)cc(OC)cc2c1OCc1ccccc1. The fourth-order valence-corrected chi connectivity index (χ4v) is 3.37. The molecule has 0 bridgehead atoms. The molecule has 0 atom stereocenters. The Hall–Kier alpha value is -3.47. The molecule has 0 amide bonds. The molecule has 0 N–H and O–H groups in total. The van der Waals surface area contributed by atoms with Crippen molar-refractivity contribution in [2.45, 2.75) is 20.0 Å². The number of ether oxygens (including phenoxy) is 4. The Kier molecular flexibility index (Phi) is 6.96. The van der Waals surface area contributed by atoms with Gasteiger partial charge in [-0.25, -0.2) is 4.79 Å². The molecular formula is C25H26O5. The van der Waals surface area contributed by atoms with Gasteiger partial charge in [-0.3, -0.25) is 0 Å². The maximum atomic E-state index is 12.8. The maximum Gasteiger partial charge on any atom is 0.338 e. The van der Waals surface area contributed by atoms with Crippen LogP contribution in [0.2, 0.25) is 0 Å². The van der Waals surface area contributed by atoms with Gasteiger partial charge in [-0.1, -0.05) is 36.4 Å². The molecule has 30 heavy (non-hydrogen) atoms. The molecular weight excluding hydrogens is 380 g/mol. The van der Waals surface area contributed by atoms with E-state index in [4.69, 9.17) is 18.9 Å². The molecule has 5 nitrogen and oxygen atoms in total. The van der Waals surface area contributed by atoms with Gasteiger partial charge in [0.2, 0.25) is 0 Å². The number of carbonyl (C=O) groups excluding carboxylic acids is 1. The van der Waals surface area contributed by atoms with Crippen molar-refractivity contribution in [1.82, 2.24) is 0 Å². The van der Waals surface area contributed by atoms with Crippen molar-refractivity contribution in [3.63, 3.8) is 0 Å². The Morgan fingerprint density at radius 3 is 2.43 bits per heavy atom. The summed E-state index contributed by atoms with van der Waals surface area (Å²) in [5.74, 6) is 1.41. The number of fused-ring (bicyclic) bond motifs is 1. The van der Waals surface area contributed by atoms with Crippen LogP contribution >= 0.6 is 0 Å². The van der Waals surface area contributed by atoms with E-state index in [1.165, 1.54) is 0 Å². The lowest BCUT2D eigenvalue weighted by Gasteiger charge is -2.19. The molecule has 156 valence electrons. The van der Waals surface area contributed by atoms with Gasteiger partial charge in [0, 0.05) is 22.4 Å². The molecule has 3 aromatic rings. The number of hydrogen-bond donors (Lipinski definition) is 0. The Balaban J connectivity index is 2.26. The van der Waals surface area contributed by atoms with E-state index in [0.717, 1.165) is 21.9 Å². The zero-order valence-corrected chi connectivity index (χ0v) is 17.6. The van der Waals surface area contributed by atoms with Crippen LogP contribution in [-0.4, -0.2) is 26.8 Å². The highest BCUT2D eigenvalue weighted by Crippen LogP contribution is 2.41. The summed E-state index contributed by atoms with van der Waals surface area (Å²) in [5, 5.41) is 1.55. The topological polar surface area (TPSA) is 54.0 Å². The van der Waals surface area contributed by atoms with Gasteiger partial charge in [-0.2, -0.15) is 0 Å². The van der Waals surface area contributed by atoms with Crippen molar-refractivity contribution < 1.29 is 23.7 Å². The predicted octanol–water partition coefficient (Wildman–Crippen LogP) is 5.34. The van der Waals surface area contributed by atoms with Crippen LogP contribution in [0.4, 0.5) is 0 Å². The van der Waals surface area contributed by atoms with Crippen LogP contribution in [0, 0.1) is 0 Å². The van der Waals surface area contributed by atoms with Gasteiger partial charge in [-0.15, -0.1) is 6.58 Å². The molecule has 0 aliphatic rings. The zero-order valence-electron chi connectivity index (χ0n) is 17.6. The summed E-state index contributed by atoms with van der Waals surface area (Å²) in [6.07, 6.45) is 2.20. The summed E-state index contributed by atoms with van der Waals surface area (Å²) < 4.78 is 22.6. The van der Waals surface area contributed by atoms with Gasteiger partial charge in [-0.05, 0) is 31.0 Å². The third-order valence-corrected chi connectivity index (χ3v) is 4.77. The smallest absolute Gasteiger partial charge is 0.338 e. The van der Waals surface area contributed by atoms with E-state index in [-0.39, 0.29) is 6.61 Å². The molecule has 0 fully saturated rings. The monoisotopic (exact) mass is 406 g/mol. The quantitative estimate of drug-likeness (QED) is 0.355. The first-order valence-corrected chi connectivity index (χ1v) is 9.79. The normalized spacial score (nSPS) is 10.5. The highest BCUT2D eigenvalue weighted by Gasteiger charge is 2.22. The standard InChI is InChI=1S/C25H26O5/c1-5-10-19-22(25(26)29-6-2)15-20-21(13-18(27-3)14-23(20)28-4)24(19)30-16-17-11-8-7-9-12-17/h5,7-9,11-15H,1,6,10,16H2,2-4H3. The van der Waals surface area contributed by atoms with Crippen molar-refractivity contribution in [2.75, 3.05) is 20.8 Å². The summed E-state index contributed by atoms with van der Waals surface area (Å²) in [4.78, 5) is 12.8. The molecule has 0 spiro atoms. The minimum atomic E-state index is -0.404. The molecule has 3 rings (SSSR count). The summed E-state index contributed by atoms with van der Waals surface area (Å²) in [6.45, 7) is 6.27. The van der Waals surface area contributed by atoms with Gasteiger partial charge >= 0.3 is 5.97 Å². The lowest BCUT2D eigenvalue weighted by atomic mass is 9.96. The largest absolute Gasteiger partial charge is 0.497 e. The Morgan fingerprint density at radius 1 is 1.03 bits per heavy atom. The molecule has 0 heterocycles. The Morgan fingerprint density at radius 2 is 1.80 bits per heavy atom. The van der Waals surface area contributed by atoms with Crippen LogP contribution in [0.1, 0.15) is 28.4 Å². The number of allylic oxidation sites excluding steroid dienone is 1. The van der Waals surface area contributed by atoms with E-state index in [1.54, 1.807) is 39.4 Å². The van der Waals surface area contributed by atoms with E-state index >= 15 is 0 Å². The molecule has 0 aromatic heterocycles. The first-order chi connectivity index (χ1) is 14.6. The van der Waals surface area contributed by atoms with Gasteiger partial charge in [0.15, 0.2) is 0 Å². The average molecular weight is 406 g/mol. The Labute approximate surface area is 176 Å². The van der Waals surface area contributed by atoms with E-state index in [0.29, 0.717) is 35.8 Å². The van der Waals surface area contributed by atoms with Gasteiger partial charge in [0.05, 0.1) is 26.4 Å². The van der Waals surface area contributed by atoms with Crippen LogP contribution in [0.25, 0.3) is 10.8 Å². The molecule has 0 aliphatic heterocycles. The number of esters is 1. The van der Waals surface area contributed by atoms with Gasteiger partial charge in [0.25, 0.3) is 0 Å². The highest BCUT2D eigenvalue weighted by molar-refractivity contribution is 6.03. The van der Waals surface area contributed by atoms with Gasteiger partial charge in [0.1, 0.15) is 23.9 Å². The summed E-state index contributed by atoms with van der Waals surface area (Å²) in [7, 11) is 3.18. The average Bonchev–Trinajstić information content (AvgIpc) is 2.78. The highest BCUT2D eigenvalue weighted by atomic mass is 16.5. The van der Waals surface area contributed by atoms with E-state index in [1.807, 2.05) is 36.4 Å². The third-order valence-electron chi connectivity index (χ3n) is 4.77. The number of hydrogen-bond acceptors (Lipinski definition) is 5. The summed E-state index contributed by atoms with van der Waals surface area (Å²) in [6, 6.07) is 15.3. The molecule has 0 saturated heterocycles. The predicted molar refractivity (Wildman–Crippen MR) is 118 cm³/mol. The van der Waals surface area contributed by atoms with Gasteiger partial charge < -0.3 is 18.9 Å². The molecule has 5 heteroatoms. The van der Waals surface area contributed by atoms with Crippen molar-refractivity contribution >= 4 is 16.7 Å². The number of rotatable bonds is 9.